The van der Waals surface area contributed by atoms with Gasteiger partial charge in [-0.2, -0.15) is 0 Å². The van der Waals surface area contributed by atoms with Crippen molar-refractivity contribution < 1.29 is 38.3 Å². The number of rotatable bonds is 22. The summed E-state index contributed by atoms with van der Waals surface area (Å²) >= 11 is 0. The molecule has 7 atom stereocenters. The highest BCUT2D eigenvalue weighted by atomic mass is 16.5. The number of hydrogen-bond donors (Lipinski definition) is 0. The number of likely N-dealkylation sites (tertiary alicyclic amines) is 2. The summed E-state index contributed by atoms with van der Waals surface area (Å²) in [4.78, 5) is 97.6. The van der Waals surface area contributed by atoms with E-state index in [0.29, 0.717) is 13.2 Å². The van der Waals surface area contributed by atoms with Crippen molar-refractivity contribution in [1.82, 2.24) is 9.80 Å². The van der Waals surface area contributed by atoms with Gasteiger partial charge in [0.2, 0.25) is 23.5 Å². The van der Waals surface area contributed by atoms with Crippen molar-refractivity contribution in [3.8, 4) is 0 Å². The van der Waals surface area contributed by atoms with E-state index in [4.69, 9.17) is 4.74 Å². The molecule has 0 bridgehead atoms. The fourth-order valence-corrected chi connectivity index (χ4v) is 9.00. The second-order valence-corrected chi connectivity index (χ2v) is 19.9. The Morgan fingerprint density at radius 1 is 0.870 bits per heavy atom. The number of hydrogen-bond acceptors (Lipinski definition) is 8. The zero-order chi connectivity index (χ0) is 40.3. The molecule has 0 radical (unpaired) electrons. The zero-order valence-electron chi connectivity index (χ0n) is 35.1. The number of fused-ring (bicyclic) bond motifs is 1. The molecule has 54 heavy (non-hydrogen) atoms. The van der Waals surface area contributed by atoms with Gasteiger partial charge >= 0.3 is 0 Å². The van der Waals surface area contributed by atoms with Crippen LogP contribution in [0.5, 0.6) is 0 Å². The normalized spacial score (nSPS) is 25.5. The van der Waals surface area contributed by atoms with Crippen LogP contribution in [0.3, 0.4) is 0 Å². The first-order valence-electron chi connectivity index (χ1n) is 21.0. The van der Waals surface area contributed by atoms with E-state index in [1.807, 2.05) is 41.5 Å². The molecule has 0 aromatic carbocycles. The number of ether oxygens (including phenoxy) is 1. The van der Waals surface area contributed by atoms with Crippen LogP contribution in [0.15, 0.2) is 0 Å². The van der Waals surface area contributed by atoms with Crippen LogP contribution in [-0.4, -0.2) is 82.5 Å². The summed E-state index contributed by atoms with van der Waals surface area (Å²) in [5.74, 6) is -3.56. The molecule has 3 amide bonds. The van der Waals surface area contributed by atoms with E-state index in [2.05, 4.69) is 20.8 Å². The largest absolute Gasteiger partial charge is 0.378 e. The standard InChI is InChI=1S/C44H70N2O8/c1-11-12-13-14-15-18-54-28(3)32(22-31(47)21-30(42(4,5)6)25-45-36(50)23-43(7,8)24-37(45)51)41(53)46-26-33-38(44(33,9)10)39(46)34(48)19-27(2)40(52)35(49)20-29-16-17-29/h27-30,32-33,38-39H,11-26H2,1-10H3/t27-,28+,30-,32+,33+,38+,39-/m1/s1. The van der Waals surface area contributed by atoms with E-state index in [0.717, 1.165) is 44.9 Å². The first kappa shape index (κ1) is 44.0. The average Bonchev–Trinajstić information content (AvgIpc) is 3.91. The highest BCUT2D eigenvalue weighted by molar-refractivity contribution is 6.38. The van der Waals surface area contributed by atoms with Crippen LogP contribution in [-0.2, 0) is 38.3 Å². The van der Waals surface area contributed by atoms with Gasteiger partial charge in [-0.05, 0) is 66.1 Å². The van der Waals surface area contributed by atoms with Crippen LogP contribution < -0.4 is 0 Å². The van der Waals surface area contributed by atoms with E-state index in [1.165, 1.54) is 4.90 Å². The second kappa shape index (κ2) is 17.6. The molecule has 0 N–H and O–H groups in total. The summed E-state index contributed by atoms with van der Waals surface area (Å²) in [5, 5.41) is 0. The summed E-state index contributed by atoms with van der Waals surface area (Å²) in [6, 6.07) is -0.729. The quantitative estimate of drug-likeness (QED) is 0.0645. The Kier molecular flexibility index (Phi) is 14.3. The average molecular weight is 755 g/mol. The molecule has 2 heterocycles. The van der Waals surface area contributed by atoms with Crippen molar-refractivity contribution in [3.05, 3.63) is 0 Å². The van der Waals surface area contributed by atoms with E-state index in [1.54, 1.807) is 11.8 Å². The van der Waals surface area contributed by atoms with Gasteiger partial charge in [-0.1, -0.05) is 88.0 Å². The molecule has 0 spiro atoms. The molecule has 4 aliphatic rings. The number of nitrogens with zero attached hydrogens (tertiary/aromatic N) is 2. The van der Waals surface area contributed by atoms with Gasteiger partial charge in [0.1, 0.15) is 5.78 Å². The molecule has 304 valence electrons. The Bertz CT molecular complexity index is 1420. The SMILES string of the molecule is CCCCCCCO[C@@H](C)[C@H](CC(=O)C[C@H](CN1C(=O)CC(C)(C)CC1=O)C(C)(C)C)C(=O)N1C[C@H]2[C@@H]([C@H]1C(=O)C[C@@H](C)C(=O)C(=O)CC1CC1)C2(C)C. The third-order valence-corrected chi connectivity index (χ3v) is 13.1. The van der Waals surface area contributed by atoms with Crippen molar-refractivity contribution >= 4 is 40.9 Å². The molecule has 2 saturated heterocycles. The Balaban J connectivity index is 1.52. The van der Waals surface area contributed by atoms with Crippen molar-refractivity contribution in [2.24, 2.45) is 51.8 Å². The highest BCUT2D eigenvalue weighted by Gasteiger charge is 2.69. The maximum atomic E-state index is 14.7. The lowest BCUT2D eigenvalue weighted by Gasteiger charge is -2.39. The van der Waals surface area contributed by atoms with Gasteiger partial charge in [-0.3, -0.25) is 38.5 Å². The van der Waals surface area contributed by atoms with Gasteiger partial charge in [0.05, 0.1) is 18.1 Å². The smallest absolute Gasteiger partial charge is 0.229 e. The van der Waals surface area contributed by atoms with Gasteiger partial charge in [-0.15, -0.1) is 0 Å². The molecular weight excluding hydrogens is 684 g/mol. The lowest BCUT2D eigenvalue weighted by molar-refractivity contribution is -0.154. The van der Waals surface area contributed by atoms with Crippen molar-refractivity contribution in [2.75, 3.05) is 19.7 Å². The lowest BCUT2D eigenvalue weighted by atomic mass is 9.75. The first-order valence-corrected chi connectivity index (χ1v) is 21.0. The number of amides is 3. The van der Waals surface area contributed by atoms with Gasteiger partial charge in [0, 0.05) is 64.1 Å². The molecule has 0 aromatic heterocycles. The molecule has 10 heteroatoms. The van der Waals surface area contributed by atoms with Gasteiger partial charge in [-0.25, -0.2) is 0 Å². The Morgan fingerprint density at radius 3 is 2.06 bits per heavy atom. The van der Waals surface area contributed by atoms with Crippen LogP contribution in [0.1, 0.15) is 153 Å². The van der Waals surface area contributed by atoms with Gasteiger partial charge < -0.3 is 9.64 Å². The minimum Gasteiger partial charge on any atom is -0.378 e. The van der Waals surface area contributed by atoms with Crippen LogP contribution in [0, 0.1) is 51.8 Å². The summed E-state index contributed by atoms with van der Waals surface area (Å²) < 4.78 is 6.28. The molecule has 10 nitrogen and oxygen atoms in total. The number of Topliss-reactive ketones (excluding diaryl/α,β-unsaturated/α-hetero) is 4. The van der Waals surface area contributed by atoms with E-state index in [9.17, 15) is 33.6 Å². The number of imide groups is 1. The summed E-state index contributed by atoms with van der Waals surface area (Å²) in [7, 11) is 0. The van der Waals surface area contributed by atoms with E-state index >= 15 is 0 Å². The predicted octanol–water partition coefficient (Wildman–Crippen LogP) is 7.18. The first-order chi connectivity index (χ1) is 25.1. The highest BCUT2D eigenvalue weighted by Crippen LogP contribution is 2.65. The number of piperidine rings is 2. The van der Waals surface area contributed by atoms with Crippen molar-refractivity contribution in [2.45, 2.75) is 165 Å². The van der Waals surface area contributed by atoms with E-state index in [-0.39, 0.29) is 103 Å². The lowest BCUT2D eigenvalue weighted by Crippen LogP contribution is -2.51. The number of unbranched alkanes of at least 4 members (excludes halogenated alkanes) is 4. The molecule has 0 unspecified atom stereocenters. The minimum atomic E-state index is -0.831. The minimum absolute atomic E-state index is 0.0561. The maximum Gasteiger partial charge on any atom is 0.229 e. The Hall–Kier alpha value is -2.75. The molecular formula is C44H70N2O8. The van der Waals surface area contributed by atoms with Crippen LogP contribution in [0.25, 0.3) is 0 Å². The molecule has 2 aliphatic carbocycles. The summed E-state index contributed by atoms with van der Waals surface area (Å²) in [5.41, 5.74) is -0.948. The van der Waals surface area contributed by atoms with Crippen molar-refractivity contribution in [1.29, 1.82) is 0 Å². The van der Waals surface area contributed by atoms with Crippen LogP contribution in [0.4, 0.5) is 0 Å². The molecule has 0 aromatic rings. The number of carbonyl (C=O) groups excluding carboxylic acids is 7. The third kappa shape index (κ3) is 11.0. The Morgan fingerprint density at radius 2 is 1.48 bits per heavy atom. The maximum absolute atomic E-state index is 14.7. The second-order valence-electron chi connectivity index (χ2n) is 19.9. The molecule has 4 rings (SSSR count). The molecule has 2 aliphatic heterocycles. The van der Waals surface area contributed by atoms with Gasteiger partial charge in [0.15, 0.2) is 11.6 Å². The summed E-state index contributed by atoms with van der Waals surface area (Å²) in [6.45, 7) is 20.7. The molecule has 4 fully saturated rings. The number of ketones is 4. The summed E-state index contributed by atoms with van der Waals surface area (Å²) in [6.07, 6.45) is 7.25. The molecule has 2 saturated carbocycles. The predicted molar refractivity (Wildman–Crippen MR) is 207 cm³/mol. The van der Waals surface area contributed by atoms with Crippen LogP contribution in [0.2, 0.25) is 0 Å². The zero-order valence-corrected chi connectivity index (χ0v) is 35.1. The number of carbonyl (C=O) groups is 7. The fourth-order valence-electron chi connectivity index (χ4n) is 9.00. The van der Waals surface area contributed by atoms with Gasteiger partial charge in [0.25, 0.3) is 0 Å². The topological polar surface area (TPSA) is 135 Å². The van der Waals surface area contributed by atoms with Crippen LogP contribution >= 0.6 is 0 Å². The van der Waals surface area contributed by atoms with Crippen molar-refractivity contribution in [3.63, 3.8) is 0 Å². The van der Waals surface area contributed by atoms with E-state index < -0.39 is 46.4 Å². The third-order valence-electron chi connectivity index (χ3n) is 13.1. The fraction of sp³-hybridized carbons (Fsp3) is 0.841. The Labute approximate surface area is 324 Å². The monoisotopic (exact) mass is 755 g/mol.